The first-order chi connectivity index (χ1) is 9.11. The predicted octanol–water partition coefficient (Wildman–Crippen LogP) is 0.707. The second-order valence-corrected chi connectivity index (χ2v) is 5.20. The number of hydrogen-bond donors (Lipinski definition) is 1. The van der Waals surface area contributed by atoms with Gasteiger partial charge in [-0.15, -0.1) is 0 Å². The lowest BCUT2D eigenvalue weighted by Gasteiger charge is -2.26. The Hall–Kier alpha value is -1.46. The van der Waals surface area contributed by atoms with E-state index in [9.17, 15) is 4.79 Å². The molecule has 1 unspecified atom stereocenters. The van der Waals surface area contributed by atoms with E-state index in [0.717, 1.165) is 18.8 Å². The molecule has 1 aromatic rings. The fourth-order valence-corrected chi connectivity index (χ4v) is 2.55. The molecule has 1 fully saturated rings. The van der Waals surface area contributed by atoms with Crippen molar-refractivity contribution in [1.29, 1.82) is 0 Å². The molecule has 2 heterocycles. The molecule has 0 spiro atoms. The van der Waals surface area contributed by atoms with Gasteiger partial charge in [-0.2, -0.15) is 0 Å². The highest BCUT2D eigenvalue weighted by atomic mass is 16.2. The quantitative estimate of drug-likeness (QED) is 0.868. The number of likely N-dealkylation sites (N-methyl/N-ethyl adjacent to an activating group) is 2. The number of rotatable bonds is 4. The van der Waals surface area contributed by atoms with Crippen LogP contribution in [0, 0.1) is 0 Å². The van der Waals surface area contributed by atoms with Crippen molar-refractivity contribution in [3.8, 4) is 0 Å². The molecular formula is C14H22N4O. The van der Waals surface area contributed by atoms with Crippen molar-refractivity contribution in [1.82, 2.24) is 14.8 Å². The van der Waals surface area contributed by atoms with Gasteiger partial charge in [-0.25, -0.2) is 0 Å². The van der Waals surface area contributed by atoms with Crippen molar-refractivity contribution in [2.24, 2.45) is 5.73 Å². The maximum absolute atomic E-state index is 12.3. The van der Waals surface area contributed by atoms with Gasteiger partial charge >= 0.3 is 0 Å². The Kier molecular flexibility index (Phi) is 4.50. The van der Waals surface area contributed by atoms with Crippen molar-refractivity contribution in [3.05, 3.63) is 29.6 Å². The van der Waals surface area contributed by atoms with Crippen molar-refractivity contribution in [2.45, 2.75) is 25.4 Å². The minimum absolute atomic E-state index is 0.0393. The van der Waals surface area contributed by atoms with Crippen LogP contribution in [0.1, 0.15) is 28.9 Å². The van der Waals surface area contributed by atoms with E-state index >= 15 is 0 Å². The average molecular weight is 262 g/mol. The van der Waals surface area contributed by atoms with Gasteiger partial charge in [-0.05, 0) is 38.6 Å². The first kappa shape index (κ1) is 14.0. The maximum Gasteiger partial charge on any atom is 0.253 e. The van der Waals surface area contributed by atoms with Gasteiger partial charge in [0.1, 0.15) is 0 Å². The molecule has 2 rings (SSSR count). The second-order valence-electron chi connectivity index (χ2n) is 5.20. The highest BCUT2D eigenvalue weighted by Crippen LogP contribution is 2.16. The van der Waals surface area contributed by atoms with Gasteiger partial charge in [-0.1, -0.05) is 0 Å². The number of amides is 1. The van der Waals surface area contributed by atoms with E-state index in [-0.39, 0.29) is 5.91 Å². The van der Waals surface area contributed by atoms with Crippen molar-refractivity contribution >= 4 is 5.91 Å². The van der Waals surface area contributed by atoms with Crippen molar-refractivity contribution < 1.29 is 4.79 Å². The number of pyridine rings is 1. The summed E-state index contributed by atoms with van der Waals surface area (Å²) in [5.41, 5.74) is 6.96. The van der Waals surface area contributed by atoms with Crippen LogP contribution in [0.5, 0.6) is 0 Å². The fraction of sp³-hybridized carbons (Fsp3) is 0.571. The molecule has 0 aromatic carbocycles. The topological polar surface area (TPSA) is 62.5 Å². The summed E-state index contributed by atoms with van der Waals surface area (Å²) in [7, 11) is 3.98. The molecule has 0 bridgehead atoms. The fourth-order valence-electron chi connectivity index (χ4n) is 2.55. The zero-order valence-electron chi connectivity index (χ0n) is 11.7. The van der Waals surface area contributed by atoms with Crippen LogP contribution in [-0.2, 0) is 6.54 Å². The smallest absolute Gasteiger partial charge is 0.253 e. The minimum atomic E-state index is 0.0393. The first-order valence-corrected chi connectivity index (χ1v) is 6.72. The predicted molar refractivity (Wildman–Crippen MR) is 74.7 cm³/mol. The van der Waals surface area contributed by atoms with E-state index in [1.165, 1.54) is 12.8 Å². The lowest BCUT2D eigenvalue weighted by atomic mass is 10.1. The highest BCUT2D eigenvalue weighted by molar-refractivity contribution is 5.94. The Morgan fingerprint density at radius 2 is 2.42 bits per heavy atom. The van der Waals surface area contributed by atoms with E-state index in [0.29, 0.717) is 18.2 Å². The van der Waals surface area contributed by atoms with Gasteiger partial charge in [0.25, 0.3) is 5.91 Å². The van der Waals surface area contributed by atoms with E-state index in [1.54, 1.807) is 23.2 Å². The molecule has 104 valence electrons. The third kappa shape index (κ3) is 3.30. The van der Waals surface area contributed by atoms with Crippen LogP contribution in [-0.4, -0.2) is 53.9 Å². The number of nitrogens with zero attached hydrogens (tertiary/aromatic N) is 3. The summed E-state index contributed by atoms with van der Waals surface area (Å²) >= 11 is 0. The van der Waals surface area contributed by atoms with Crippen LogP contribution in [0.4, 0.5) is 0 Å². The molecule has 1 aliphatic heterocycles. The minimum Gasteiger partial charge on any atom is -0.340 e. The highest BCUT2D eigenvalue weighted by Gasteiger charge is 2.24. The number of carbonyl (C=O) groups is 1. The van der Waals surface area contributed by atoms with Gasteiger partial charge < -0.3 is 15.5 Å². The molecule has 1 aliphatic rings. The van der Waals surface area contributed by atoms with E-state index < -0.39 is 0 Å². The van der Waals surface area contributed by atoms with Crippen molar-refractivity contribution in [3.63, 3.8) is 0 Å². The first-order valence-electron chi connectivity index (χ1n) is 6.72. The summed E-state index contributed by atoms with van der Waals surface area (Å²) in [5, 5.41) is 0. The monoisotopic (exact) mass is 262 g/mol. The molecule has 2 N–H and O–H groups in total. The number of nitrogens with two attached hydrogens (primary N) is 1. The Balaban J connectivity index is 2.01. The lowest BCUT2D eigenvalue weighted by molar-refractivity contribution is 0.0761. The number of hydrogen-bond acceptors (Lipinski definition) is 4. The van der Waals surface area contributed by atoms with Crippen LogP contribution in [0.3, 0.4) is 0 Å². The van der Waals surface area contributed by atoms with Crippen LogP contribution in [0.25, 0.3) is 0 Å². The second kappa shape index (κ2) is 6.12. The van der Waals surface area contributed by atoms with Crippen molar-refractivity contribution in [2.75, 3.05) is 27.2 Å². The molecule has 5 heteroatoms. The van der Waals surface area contributed by atoms with E-state index in [1.807, 2.05) is 7.05 Å². The Labute approximate surface area is 114 Å². The average Bonchev–Trinajstić information content (AvgIpc) is 2.83. The maximum atomic E-state index is 12.3. The van der Waals surface area contributed by atoms with Crippen LogP contribution >= 0.6 is 0 Å². The largest absolute Gasteiger partial charge is 0.340 e. The van der Waals surface area contributed by atoms with Gasteiger partial charge in [0, 0.05) is 37.9 Å². The van der Waals surface area contributed by atoms with Gasteiger partial charge in [-0.3, -0.25) is 9.78 Å². The van der Waals surface area contributed by atoms with Crippen LogP contribution in [0.15, 0.2) is 18.3 Å². The van der Waals surface area contributed by atoms with Crippen LogP contribution in [0.2, 0.25) is 0 Å². The molecule has 1 saturated heterocycles. The molecule has 5 nitrogen and oxygen atoms in total. The number of carbonyl (C=O) groups excluding carboxylic acids is 1. The summed E-state index contributed by atoms with van der Waals surface area (Å²) in [6.45, 7) is 2.26. The molecule has 19 heavy (non-hydrogen) atoms. The Bertz CT molecular complexity index is 449. The van der Waals surface area contributed by atoms with Gasteiger partial charge in [0.15, 0.2) is 0 Å². The molecule has 1 atom stereocenters. The van der Waals surface area contributed by atoms with E-state index in [2.05, 4.69) is 16.9 Å². The van der Waals surface area contributed by atoms with E-state index in [4.69, 9.17) is 5.73 Å². The zero-order valence-corrected chi connectivity index (χ0v) is 11.7. The number of likely N-dealkylation sites (tertiary alicyclic amines) is 1. The summed E-state index contributed by atoms with van der Waals surface area (Å²) in [6, 6.07) is 4.00. The molecule has 0 saturated carbocycles. The van der Waals surface area contributed by atoms with Crippen LogP contribution < -0.4 is 5.73 Å². The molecular weight excluding hydrogens is 240 g/mol. The Morgan fingerprint density at radius 1 is 1.63 bits per heavy atom. The van der Waals surface area contributed by atoms with Gasteiger partial charge in [0.2, 0.25) is 0 Å². The molecule has 1 aromatic heterocycles. The molecule has 0 aliphatic carbocycles. The third-order valence-corrected chi connectivity index (χ3v) is 3.78. The lowest BCUT2D eigenvalue weighted by Crippen LogP contribution is -2.39. The van der Waals surface area contributed by atoms with Gasteiger partial charge in [0.05, 0.1) is 5.69 Å². The summed E-state index contributed by atoms with van der Waals surface area (Å²) in [4.78, 5) is 20.6. The Morgan fingerprint density at radius 3 is 3.05 bits per heavy atom. The third-order valence-electron chi connectivity index (χ3n) is 3.78. The molecule has 0 radical (unpaired) electrons. The zero-order chi connectivity index (χ0) is 13.8. The SMILES string of the molecule is CN(CC1CCCN1C)C(=O)c1ccnc(CN)c1. The number of aromatic nitrogens is 1. The normalized spacial score (nSPS) is 19.6. The summed E-state index contributed by atoms with van der Waals surface area (Å²) in [6.07, 6.45) is 4.03. The summed E-state index contributed by atoms with van der Waals surface area (Å²) < 4.78 is 0. The summed E-state index contributed by atoms with van der Waals surface area (Å²) in [5.74, 6) is 0.0393. The standard InChI is InChI=1S/C14H22N4O/c1-17-7-3-4-13(17)10-18(2)14(19)11-5-6-16-12(8-11)9-15/h5-6,8,13H,3-4,7,9-10,15H2,1-2H3. The molecule has 1 amide bonds.